The van der Waals surface area contributed by atoms with Gasteiger partial charge in [-0.25, -0.2) is 8.42 Å². The normalized spacial score (nSPS) is 12.7. The molecule has 1 aromatic rings. The lowest BCUT2D eigenvalue weighted by atomic mass is 10.2. The van der Waals surface area contributed by atoms with Gasteiger partial charge in [-0.05, 0) is 26.0 Å². The van der Waals surface area contributed by atoms with Crippen LogP contribution in [0.15, 0.2) is 29.2 Å². The van der Waals surface area contributed by atoms with Crippen LogP contribution in [0.5, 0.6) is 0 Å². The van der Waals surface area contributed by atoms with E-state index in [0.29, 0.717) is 6.07 Å². The number of likely N-dealkylation sites (N-methyl/N-ethyl adjacent to an activating group) is 1. The van der Waals surface area contributed by atoms with Gasteiger partial charge in [0.2, 0.25) is 15.9 Å². The van der Waals surface area contributed by atoms with Crippen molar-refractivity contribution in [3.8, 4) is 0 Å². The molecule has 0 heterocycles. The second kappa shape index (κ2) is 7.31. The van der Waals surface area contributed by atoms with E-state index in [0.717, 1.165) is 16.4 Å². The number of nitrogens with zero attached hydrogens (tertiary/aromatic N) is 1. The van der Waals surface area contributed by atoms with Gasteiger partial charge >= 0.3 is 6.18 Å². The highest BCUT2D eigenvalue weighted by Gasteiger charge is 2.38. The topological polar surface area (TPSA) is 66.5 Å². The predicted molar refractivity (Wildman–Crippen MR) is 79.2 cm³/mol. The number of rotatable bonds is 6. The summed E-state index contributed by atoms with van der Waals surface area (Å²) >= 11 is 0. The molecule has 0 fully saturated rings. The molecule has 0 aliphatic carbocycles. The van der Waals surface area contributed by atoms with Crippen LogP contribution in [0.4, 0.5) is 13.2 Å². The van der Waals surface area contributed by atoms with Crippen molar-refractivity contribution in [3.05, 3.63) is 29.8 Å². The summed E-state index contributed by atoms with van der Waals surface area (Å²) < 4.78 is 64.8. The molecule has 9 heteroatoms. The van der Waals surface area contributed by atoms with E-state index in [1.165, 1.54) is 13.0 Å². The first-order valence-electron chi connectivity index (χ1n) is 6.95. The van der Waals surface area contributed by atoms with Crippen molar-refractivity contribution >= 4 is 15.9 Å². The SMILES string of the molecule is CCN(CC(=O)NC(C)C)S(=O)(=O)c1ccccc1C(F)(F)F. The zero-order chi connectivity index (χ0) is 17.8. The van der Waals surface area contributed by atoms with Gasteiger partial charge in [-0.1, -0.05) is 19.1 Å². The number of carbonyl (C=O) groups is 1. The maximum absolute atomic E-state index is 13.0. The molecule has 1 N–H and O–H groups in total. The first-order chi connectivity index (χ1) is 10.5. The standard InChI is InChI=1S/C14H19F3N2O3S/c1-4-19(9-13(20)18-10(2)3)23(21,22)12-8-6-5-7-11(12)14(15,16)17/h5-8,10H,4,9H2,1-3H3,(H,18,20). The van der Waals surface area contributed by atoms with E-state index in [1.807, 2.05) is 0 Å². The maximum Gasteiger partial charge on any atom is 0.417 e. The van der Waals surface area contributed by atoms with Gasteiger partial charge in [0.05, 0.1) is 17.0 Å². The number of hydrogen-bond donors (Lipinski definition) is 1. The molecule has 0 atom stereocenters. The van der Waals surface area contributed by atoms with Gasteiger partial charge in [0, 0.05) is 12.6 Å². The van der Waals surface area contributed by atoms with Gasteiger partial charge in [-0.15, -0.1) is 0 Å². The Balaban J connectivity index is 3.22. The molecule has 1 rings (SSSR count). The number of sulfonamides is 1. The summed E-state index contributed by atoms with van der Waals surface area (Å²) in [6.07, 6.45) is -4.80. The number of halogens is 3. The Kier molecular flexibility index (Phi) is 6.18. The number of amides is 1. The number of hydrogen-bond acceptors (Lipinski definition) is 3. The van der Waals surface area contributed by atoms with E-state index >= 15 is 0 Å². The monoisotopic (exact) mass is 352 g/mol. The van der Waals surface area contributed by atoms with Crippen molar-refractivity contribution in [1.82, 2.24) is 9.62 Å². The van der Waals surface area contributed by atoms with Gasteiger partial charge in [0.15, 0.2) is 0 Å². The van der Waals surface area contributed by atoms with Crippen molar-refractivity contribution in [2.75, 3.05) is 13.1 Å². The Morgan fingerprint density at radius 3 is 2.30 bits per heavy atom. The van der Waals surface area contributed by atoms with E-state index in [9.17, 15) is 26.4 Å². The third kappa shape index (κ3) is 4.93. The van der Waals surface area contributed by atoms with Gasteiger partial charge in [-0.3, -0.25) is 4.79 Å². The quantitative estimate of drug-likeness (QED) is 0.854. The summed E-state index contributed by atoms with van der Waals surface area (Å²) in [6, 6.07) is 3.72. The molecule has 0 aliphatic heterocycles. The van der Waals surface area contributed by atoms with Crippen LogP contribution in [0.25, 0.3) is 0 Å². The molecule has 0 spiro atoms. The Morgan fingerprint density at radius 1 is 1.26 bits per heavy atom. The molecule has 0 aliphatic rings. The lowest BCUT2D eigenvalue weighted by Crippen LogP contribution is -2.43. The molecule has 1 amide bonds. The van der Waals surface area contributed by atoms with E-state index in [-0.39, 0.29) is 12.6 Å². The van der Waals surface area contributed by atoms with Gasteiger partial charge in [-0.2, -0.15) is 17.5 Å². The van der Waals surface area contributed by atoms with Crippen molar-refractivity contribution in [2.45, 2.75) is 37.9 Å². The van der Waals surface area contributed by atoms with E-state index in [1.54, 1.807) is 13.8 Å². The Labute approximate surface area is 133 Å². The number of benzene rings is 1. The Hall–Kier alpha value is -1.61. The molecule has 0 saturated heterocycles. The van der Waals surface area contributed by atoms with Crippen LogP contribution in [0.1, 0.15) is 26.3 Å². The first-order valence-corrected chi connectivity index (χ1v) is 8.40. The highest BCUT2D eigenvalue weighted by molar-refractivity contribution is 7.89. The Bertz CT molecular complexity index is 657. The number of carbonyl (C=O) groups excluding carboxylic acids is 1. The minimum Gasteiger partial charge on any atom is -0.353 e. The molecule has 1 aromatic carbocycles. The lowest BCUT2D eigenvalue weighted by Gasteiger charge is -2.22. The molecule has 0 saturated carbocycles. The average Bonchev–Trinajstić information content (AvgIpc) is 2.42. The third-order valence-corrected chi connectivity index (χ3v) is 4.91. The second-order valence-electron chi connectivity index (χ2n) is 5.15. The molecule has 0 aromatic heterocycles. The number of alkyl halides is 3. The summed E-state index contributed by atoms with van der Waals surface area (Å²) in [5, 5.41) is 2.51. The molecular formula is C14H19F3N2O3S. The highest BCUT2D eigenvalue weighted by Crippen LogP contribution is 2.35. The second-order valence-corrected chi connectivity index (χ2v) is 7.05. The Morgan fingerprint density at radius 2 is 1.83 bits per heavy atom. The van der Waals surface area contributed by atoms with Crippen LogP contribution in [0.2, 0.25) is 0 Å². The maximum atomic E-state index is 13.0. The lowest BCUT2D eigenvalue weighted by molar-refractivity contribution is -0.139. The highest BCUT2D eigenvalue weighted by atomic mass is 32.2. The van der Waals surface area contributed by atoms with Gasteiger partial charge in [0.25, 0.3) is 0 Å². The van der Waals surface area contributed by atoms with Crippen LogP contribution in [-0.2, 0) is 21.0 Å². The molecule has 5 nitrogen and oxygen atoms in total. The van der Waals surface area contributed by atoms with Crippen LogP contribution < -0.4 is 5.32 Å². The summed E-state index contributed by atoms with van der Waals surface area (Å²) in [6.45, 7) is 4.18. The van der Waals surface area contributed by atoms with Gasteiger partial charge < -0.3 is 5.32 Å². The van der Waals surface area contributed by atoms with Crippen LogP contribution in [0.3, 0.4) is 0 Å². The van der Waals surface area contributed by atoms with Crippen molar-refractivity contribution in [2.24, 2.45) is 0 Å². The van der Waals surface area contributed by atoms with Crippen molar-refractivity contribution in [3.63, 3.8) is 0 Å². The zero-order valence-electron chi connectivity index (χ0n) is 13.0. The third-order valence-electron chi connectivity index (χ3n) is 2.93. The van der Waals surface area contributed by atoms with Crippen LogP contribution in [-0.4, -0.2) is 37.8 Å². The largest absolute Gasteiger partial charge is 0.417 e. The van der Waals surface area contributed by atoms with Crippen molar-refractivity contribution < 1.29 is 26.4 Å². The molecular weight excluding hydrogens is 333 g/mol. The van der Waals surface area contributed by atoms with E-state index in [2.05, 4.69) is 5.32 Å². The minimum absolute atomic E-state index is 0.125. The number of nitrogens with one attached hydrogen (secondary N) is 1. The van der Waals surface area contributed by atoms with E-state index in [4.69, 9.17) is 0 Å². The molecule has 0 radical (unpaired) electrons. The summed E-state index contributed by atoms with van der Waals surface area (Å²) in [5.41, 5.74) is -1.25. The molecule has 0 bridgehead atoms. The minimum atomic E-state index is -4.80. The smallest absolute Gasteiger partial charge is 0.353 e. The average molecular weight is 352 g/mol. The molecule has 23 heavy (non-hydrogen) atoms. The summed E-state index contributed by atoms with van der Waals surface area (Å²) in [4.78, 5) is 10.9. The fraction of sp³-hybridized carbons (Fsp3) is 0.500. The summed E-state index contributed by atoms with van der Waals surface area (Å²) in [5.74, 6) is -0.574. The van der Waals surface area contributed by atoms with Gasteiger partial charge in [0.1, 0.15) is 0 Å². The first kappa shape index (κ1) is 19.4. The van der Waals surface area contributed by atoms with Crippen LogP contribution >= 0.6 is 0 Å². The summed E-state index contributed by atoms with van der Waals surface area (Å²) in [7, 11) is -4.44. The van der Waals surface area contributed by atoms with E-state index < -0.39 is 39.1 Å². The fourth-order valence-electron chi connectivity index (χ4n) is 1.96. The molecule has 0 unspecified atom stereocenters. The fourth-order valence-corrected chi connectivity index (χ4v) is 3.58. The predicted octanol–water partition coefficient (Wildman–Crippen LogP) is 2.24. The van der Waals surface area contributed by atoms with Crippen molar-refractivity contribution in [1.29, 1.82) is 0 Å². The molecule has 130 valence electrons. The zero-order valence-corrected chi connectivity index (χ0v) is 13.8. The van der Waals surface area contributed by atoms with Crippen LogP contribution in [0, 0.1) is 0 Å².